The zero-order chi connectivity index (χ0) is 11.4. The molecule has 0 aliphatic carbocycles. The number of alkyl halides is 1. The highest BCUT2D eigenvalue weighted by atomic mass is 35.5. The smallest absolute Gasteiger partial charge is 0.142 e. The minimum absolute atomic E-state index is 0.226. The number of aryl methyl sites for hydroxylation is 1. The van der Waals surface area contributed by atoms with E-state index in [4.69, 9.17) is 21.1 Å². The molecule has 88 valence electrons. The Morgan fingerprint density at radius 3 is 3.12 bits per heavy atom. The van der Waals surface area contributed by atoms with Crippen LogP contribution in [0.4, 0.5) is 0 Å². The van der Waals surface area contributed by atoms with Crippen LogP contribution in [0.5, 0.6) is 5.75 Å². The zero-order valence-electron chi connectivity index (χ0n) is 9.41. The van der Waals surface area contributed by atoms with Gasteiger partial charge in [0.25, 0.3) is 0 Å². The normalized spacial score (nSPS) is 20.0. The Kier molecular flexibility index (Phi) is 4.02. The molecule has 0 spiro atoms. The van der Waals surface area contributed by atoms with Crippen LogP contribution in [0.3, 0.4) is 0 Å². The van der Waals surface area contributed by atoms with Crippen molar-refractivity contribution in [3.8, 4) is 5.75 Å². The predicted octanol–water partition coefficient (Wildman–Crippen LogP) is 2.69. The average molecular weight is 242 g/mol. The van der Waals surface area contributed by atoms with Crippen LogP contribution in [0.15, 0.2) is 12.1 Å². The Morgan fingerprint density at radius 2 is 2.44 bits per heavy atom. The first-order chi connectivity index (χ1) is 7.79. The van der Waals surface area contributed by atoms with Crippen molar-refractivity contribution in [3.63, 3.8) is 0 Å². The highest BCUT2D eigenvalue weighted by Crippen LogP contribution is 2.20. The molecule has 1 aliphatic heterocycles. The molecule has 16 heavy (non-hydrogen) atoms. The van der Waals surface area contributed by atoms with Gasteiger partial charge in [-0.25, -0.2) is 0 Å². The van der Waals surface area contributed by atoms with Crippen molar-refractivity contribution >= 4 is 11.6 Å². The van der Waals surface area contributed by atoms with Gasteiger partial charge in [0, 0.05) is 12.3 Å². The van der Waals surface area contributed by atoms with E-state index in [1.165, 1.54) is 0 Å². The highest BCUT2D eigenvalue weighted by molar-refractivity contribution is 6.17. The van der Waals surface area contributed by atoms with Crippen LogP contribution >= 0.6 is 11.6 Å². The molecule has 1 aromatic heterocycles. The largest absolute Gasteiger partial charge is 0.489 e. The molecule has 0 N–H and O–H groups in total. The number of aromatic nitrogens is 1. The van der Waals surface area contributed by atoms with Crippen LogP contribution in [-0.4, -0.2) is 24.3 Å². The van der Waals surface area contributed by atoms with Gasteiger partial charge >= 0.3 is 0 Å². The molecule has 1 fully saturated rings. The van der Waals surface area contributed by atoms with E-state index in [9.17, 15) is 0 Å². The Bertz CT molecular complexity index is 351. The maximum Gasteiger partial charge on any atom is 0.142 e. The molecule has 2 heterocycles. The summed E-state index contributed by atoms with van der Waals surface area (Å²) in [6.07, 6.45) is 2.43. The summed E-state index contributed by atoms with van der Waals surface area (Å²) in [5.41, 5.74) is 1.76. The second-order valence-corrected chi connectivity index (χ2v) is 4.24. The molecule has 1 saturated heterocycles. The minimum atomic E-state index is 0.226. The molecule has 4 heteroatoms. The first kappa shape index (κ1) is 11.7. The minimum Gasteiger partial charge on any atom is -0.489 e. The fourth-order valence-electron chi connectivity index (χ4n) is 1.78. The second-order valence-electron chi connectivity index (χ2n) is 3.98. The molecule has 0 aromatic carbocycles. The van der Waals surface area contributed by atoms with E-state index in [-0.39, 0.29) is 6.10 Å². The first-order valence-electron chi connectivity index (χ1n) is 5.56. The zero-order valence-corrected chi connectivity index (χ0v) is 10.2. The van der Waals surface area contributed by atoms with Crippen molar-refractivity contribution in [2.75, 3.05) is 13.2 Å². The molecule has 0 saturated carbocycles. The van der Waals surface area contributed by atoms with Crippen LogP contribution in [0, 0.1) is 6.92 Å². The number of ether oxygens (including phenoxy) is 2. The molecule has 1 unspecified atom stereocenters. The van der Waals surface area contributed by atoms with Gasteiger partial charge < -0.3 is 9.47 Å². The lowest BCUT2D eigenvalue weighted by Crippen LogP contribution is -2.17. The van der Waals surface area contributed by atoms with Gasteiger partial charge in [0.05, 0.1) is 17.7 Å². The summed E-state index contributed by atoms with van der Waals surface area (Å²) in [6, 6.07) is 3.86. The van der Waals surface area contributed by atoms with Crippen LogP contribution in [0.2, 0.25) is 0 Å². The van der Waals surface area contributed by atoms with E-state index in [0.29, 0.717) is 12.5 Å². The molecule has 0 bridgehead atoms. The second kappa shape index (κ2) is 5.51. The summed E-state index contributed by atoms with van der Waals surface area (Å²) in [4.78, 5) is 4.34. The lowest BCUT2D eigenvalue weighted by Gasteiger charge is -2.13. The number of rotatable bonds is 4. The fourth-order valence-corrected chi connectivity index (χ4v) is 1.97. The molecular weight excluding hydrogens is 226 g/mol. The summed E-state index contributed by atoms with van der Waals surface area (Å²) in [6.45, 7) is 3.39. The summed E-state index contributed by atoms with van der Waals surface area (Å²) in [5, 5.41) is 0. The van der Waals surface area contributed by atoms with Gasteiger partial charge in [0.2, 0.25) is 0 Å². The van der Waals surface area contributed by atoms with Gasteiger partial charge in [-0.05, 0) is 31.9 Å². The third-order valence-electron chi connectivity index (χ3n) is 2.65. The van der Waals surface area contributed by atoms with Gasteiger partial charge in [0.15, 0.2) is 0 Å². The van der Waals surface area contributed by atoms with Crippen molar-refractivity contribution in [2.24, 2.45) is 0 Å². The highest BCUT2D eigenvalue weighted by Gasteiger charge is 2.16. The molecular formula is C12H16ClNO2. The van der Waals surface area contributed by atoms with Crippen LogP contribution < -0.4 is 4.74 Å². The van der Waals surface area contributed by atoms with Gasteiger partial charge in [-0.15, -0.1) is 11.6 Å². The maximum atomic E-state index is 5.83. The molecule has 3 nitrogen and oxygen atoms in total. The van der Waals surface area contributed by atoms with Crippen molar-refractivity contribution in [2.45, 2.75) is 31.7 Å². The summed E-state index contributed by atoms with van der Waals surface area (Å²) in [7, 11) is 0. The summed E-state index contributed by atoms with van der Waals surface area (Å²) >= 11 is 5.83. The maximum absolute atomic E-state index is 5.83. The van der Waals surface area contributed by atoms with Gasteiger partial charge in [-0.3, -0.25) is 4.98 Å². The van der Waals surface area contributed by atoms with Gasteiger partial charge in [-0.2, -0.15) is 0 Å². The van der Waals surface area contributed by atoms with Crippen LogP contribution in [0.25, 0.3) is 0 Å². The third kappa shape index (κ3) is 2.86. The van der Waals surface area contributed by atoms with Gasteiger partial charge in [0.1, 0.15) is 12.4 Å². The Balaban J connectivity index is 1.97. The van der Waals surface area contributed by atoms with Crippen molar-refractivity contribution in [1.82, 2.24) is 4.98 Å². The SMILES string of the molecule is Cc1ccc(OCC2CCCO2)c(CCl)n1. The van der Waals surface area contributed by atoms with Crippen molar-refractivity contribution < 1.29 is 9.47 Å². The monoisotopic (exact) mass is 241 g/mol. The van der Waals surface area contributed by atoms with E-state index in [1.807, 2.05) is 19.1 Å². The van der Waals surface area contributed by atoms with E-state index in [0.717, 1.165) is 36.6 Å². The summed E-state index contributed by atoms with van der Waals surface area (Å²) in [5.74, 6) is 1.15. The lowest BCUT2D eigenvalue weighted by molar-refractivity contribution is 0.0675. The number of hydrogen-bond donors (Lipinski definition) is 0. The third-order valence-corrected chi connectivity index (χ3v) is 2.90. The van der Waals surface area contributed by atoms with Crippen molar-refractivity contribution in [3.05, 3.63) is 23.5 Å². The quantitative estimate of drug-likeness (QED) is 0.760. The first-order valence-corrected chi connectivity index (χ1v) is 6.10. The molecule has 0 amide bonds. The van der Waals surface area contributed by atoms with Gasteiger partial charge in [-0.1, -0.05) is 0 Å². The van der Waals surface area contributed by atoms with Crippen molar-refractivity contribution in [1.29, 1.82) is 0 Å². The Hall–Kier alpha value is -0.800. The molecule has 1 aliphatic rings. The molecule has 1 aromatic rings. The topological polar surface area (TPSA) is 31.4 Å². The van der Waals surface area contributed by atoms with E-state index >= 15 is 0 Å². The Morgan fingerprint density at radius 1 is 1.56 bits per heavy atom. The number of nitrogens with zero attached hydrogens (tertiary/aromatic N) is 1. The fraction of sp³-hybridized carbons (Fsp3) is 0.583. The molecule has 2 rings (SSSR count). The molecule has 1 atom stereocenters. The van der Waals surface area contributed by atoms with Crippen LogP contribution in [0.1, 0.15) is 24.2 Å². The standard InChI is InChI=1S/C12H16ClNO2/c1-9-4-5-12(11(7-13)14-9)16-8-10-3-2-6-15-10/h4-5,10H,2-3,6-8H2,1H3. The summed E-state index contributed by atoms with van der Waals surface area (Å²) < 4.78 is 11.2. The molecule has 0 radical (unpaired) electrons. The van der Waals surface area contributed by atoms with E-state index in [1.54, 1.807) is 0 Å². The lowest BCUT2D eigenvalue weighted by atomic mass is 10.2. The van der Waals surface area contributed by atoms with Crippen LogP contribution in [-0.2, 0) is 10.6 Å². The van der Waals surface area contributed by atoms with E-state index < -0.39 is 0 Å². The van der Waals surface area contributed by atoms with E-state index in [2.05, 4.69) is 4.98 Å². The number of hydrogen-bond acceptors (Lipinski definition) is 3. The predicted molar refractivity (Wildman–Crippen MR) is 63.0 cm³/mol. The number of pyridine rings is 1. The average Bonchev–Trinajstić information content (AvgIpc) is 2.80. The Labute approximate surface area is 101 Å². The number of halogens is 1.